The molecule has 0 saturated heterocycles. The van der Waals surface area contributed by atoms with Gasteiger partial charge in [0.25, 0.3) is 0 Å². The predicted molar refractivity (Wildman–Crippen MR) is 129 cm³/mol. The van der Waals surface area contributed by atoms with Gasteiger partial charge in [0.1, 0.15) is 11.5 Å². The number of rotatable bonds is 5. The van der Waals surface area contributed by atoms with Gasteiger partial charge in [0.15, 0.2) is 11.6 Å². The van der Waals surface area contributed by atoms with Crippen LogP contribution in [0, 0.1) is 0 Å². The minimum atomic E-state index is -0.120. The molecule has 1 aromatic heterocycles. The van der Waals surface area contributed by atoms with Crippen LogP contribution in [0.1, 0.15) is 65.4 Å². The normalized spacial score (nSPS) is 20.9. The van der Waals surface area contributed by atoms with Crippen molar-refractivity contribution in [2.45, 2.75) is 50.9 Å². The summed E-state index contributed by atoms with van der Waals surface area (Å²) < 4.78 is 5.36. The molecule has 0 amide bonds. The van der Waals surface area contributed by atoms with Gasteiger partial charge in [-0.3, -0.25) is 14.6 Å². The molecule has 1 N–H and O–H groups in total. The lowest BCUT2D eigenvalue weighted by Crippen LogP contribution is -2.26. The molecule has 0 aliphatic heterocycles. The summed E-state index contributed by atoms with van der Waals surface area (Å²) in [5, 5.41) is 15.1. The fourth-order valence-electron chi connectivity index (χ4n) is 4.86. The summed E-state index contributed by atoms with van der Waals surface area (Å²) in [7, 11) is 0. The molecular formula is C28H26N2O4. The summed E-state index contributed by atoms with van der Waals surface area (Å²) in [6.45, 7) is 0. The molecule has 2 aromatic carbocycles. The zero-order valence-corrected chi connectivity index (χ0v) is 18.9. The van der Waals surface area contributed by atoms with Crippen LogP contribution in [0.15, 0.2) is 81.5 Å². The molecule has 5 rings (SSSR count). The lowest BCUT2D eigenvalue weighted by atomic mass is 9.78. The van der Waals surface area contributed by atoms with Gasteiger partial charge in [0.05, 0.1) is 28.2 Å². The average Bonchev–Trinajstić information content (AvgIpc) is 3.28. The number of benzene rings is 2. The molecule has 34 heavy (non-hydrogen) atoms. The van der Waals surface area contributed by atoms with Gasteiger partial charge >= 0.3 is 0 Å². The largest absolute Gasteiger partial charge is 0.511 e. The highest BCUT2D eigenvalue weighted by Crippen LogP contribution is 2.35. The minimum Gasteiger partial charge on any atom is -0.511 e. The van der Waals surface area contributed by atoms with E-state index in [9.17, 15) is 14.7 Å². The third-order valence-corrected chi connectivity index (χ3v) is 6.54. The monoisotopic (exact) mass is 454 g/mol. The average molecular weight is 455 g/mol. The Kier molecular flexibility index (Phi) is 6.21. The number of allylic oxidation sites excluding steroid dienone is 2. The lowest BCUT2D eigenvalue weighted by molar-refractivity contribution is -0.116. The first-order valence-electron chi connectivity index (χ1n) is 11.7. The number of fused-ring (bicyclic) bond motifs is 1. The lowest BCUT2D eigenvalue weighted by Gasteiger charge is -2.26. The van der Waals surface area contributed by atoms with E-state index in [4.69, 9.17) is 9.52 Å². The van der Waals surface area contributed by atoms with Crippen LogP contribution >= 0.6 is 0 Å². The maximum atomic E-state index is 13.3. The molecule has 2 aliphatic rings. The molecule has 0 bridgehead atoms. The summed E-state index contributed by atoms with van der Waals surface area (Å²) in [6.07, 6.45) is 3.35. The van der Waals surface area contributed by atoms with Crippen molar-refractivity contribution in [1.29, 1.82) is 0 Å². The fourth-order valence-corrected chi connectivity index (χ4v) is 4.86. The molecule has 1 atom stereocenters. The van der Waals surface area contributed by atoms with E-state index < -0.39 is 0 Å². The summed E-state index contributed by atoms with van der Waals surface area (Å²) in [5.41, 5.74) is 3.82. The SMILES string of the molecule is O=C1CC(c2ccccc2)CC(=Nc2ccccc2)/C1=C(\O)CCc1noc2c1C(=O)CCC2. The van der Waals surface area contributed by atoms with Crippen molar-refractivity contribution in [3.05, 3.63) is 94.6 Å². The number of carbonyl (C=O) groups excluding carboxylic acids is 2. The van der Waals surface area contributed by atoms with E-state index in [-0.39, 0.29) is 29.7 Å². The Balaban J connectivity index is 1.45. The van der Waals surface area contributed by atoms with Gasteiger partial charge in [-0.05, 0) is 36.5 Å². The van der Waals surface area contributed by atoms with Crippen LogP contribution in [0.4, 0.5) is 5.69 Å². The number of aromatic nitrogens is 1. The zero-order valence-electron chi connectivity index (χ0n) is 18.9. The Morgan fingerprint density at radius 1 is 0.971 bits per heavy atom. The summed E-state index contributed by atoms with van der Waals surface area (Å²) in [6, 6.07) is 19.4. The molecule has 172 valence electrons. The van der Waals surface area contributed by atoms with E-state index in [0.717, 1.165) is 17.7 Å². The van der Waals surface area contributed by atoms with Gasteiger partial charge in [-0.2, -0.15) is 0 Å². The molecule has 2 aliphatic carbocycles. The van der Waals surface area contributed by atoms with Gasteiger partial charge in [0.2, 0.25) is 0 Å². The highest BCUT2D eigenvalue weighted by Gasteiger charge is 2.33. The first kappa shape index (κ1) is 22.0. The Bertz CT molecular complexity index is 1270. The quantitative estimate of drug-likeness (QED) is 0.385. The van der Waals surface area contributed by atoms with Crippen molar-refractivity contribution >= 4 is 23.0 Å². The van der Waals surface area contributed by atoms with Crippen LogP contribution in [-0.2, 0) is 17.6 Å². The number of aliphatic imine (C=N–C) groups is 1. The molecule has 1 unspecified atom stereocenters. The van der Waals surface area contributed by atoms with Gasteiger partial charge in [-0.25, -0.2) is 0 Å². The van der Waals surface area contributed by atoms with Crippen molar-refractivity contribution < 1.29 is 19.2 Å². The second-order valence-corrected chi connectivity index (χ2v) is 8.86. The van der Waals surface area contributed by atoms with Crippen LogP contribution < -0.4 is 0 Å². The number of ketones is 2. The minimum absolute atomic E-state index is 0.00731. The molecule has 3 aromatic rings. The van der Waals surface area contributed by atoms with E-state index in [1.807, 2.05) is 60.7 Å². The number of para-hydroxylation sites is 1. The van der Waals surface area contributed by atoms with Gasteiger partial charge in [-0.15, -0.1) is 0 Å². The van der Waals surface area contributed by atoms with Gasteiger partial charge < -0.3 is 9.63 Å². The smallest absolute Gasteiger partial charge is 0.168 e. The number of hydrogen-bond donors (Lipinski definition) is 1. The second-order valence-electron chi connectivity index (χ2n) is 8.86. The Labute approximate surface area is 198 Å². The second kappa shape index (κ2) is 9.59. The van der Waals surface area contributed by atoms with Crippen molar-refractivity contribution in [1.82, 2.24) is 5.16 Å². The highest BCUT2D eigenvalue weighted by molar-refractivity contribution is 6.25. The number of aryl methyl sites for hydroxylation is 2. The topological polar surface area (TPSA) is 92.8 Å². The standard InChI is InChI=1S/C28H26N2O4/c31-23-12-7-13-26-28(23)21(30-34-26)14-15-24(32)27-22(29-20-10-5-2-6-11-20)16-19(17-25(27)33)18-8-3-1-4-9-18/h1-6,8-11,19,32H,7,12-17H2/b27-24+,29-22?. The zero-order chi connectivity index (χ0) is 23.5. The molecule has 0 radical (unpaired) electrons. The summed E-state index contributed by atoms with van der Waals surface area (Å²) in [5.74, 6) is 0.546. The fraction of sp³-hybridized carbons (Fsp3) is 0.286. The Hall–Kier alpha value is -3.80. The predicted octanol–water partition coefficient (Wildman–Crippen LogP) is 5.86. The molecular weight excluding hydrogens is 428 g/mol. The third-order valence-electron chi connectivity index (χ3n) is 6.54. The van der Waals surface area contributed by atoms with Gasteiger partial charge in [0, 0.05) is 32.1 Å². The maximum absolute atomic E-state index is 13.3. The van der Waals surface area contributed by atoms with E-state index >= 15 is 0 Å². The van der Waals surface area contributed by atoms with E-state index in [2.05, 4.69) is 5.16 Å². The number of carbonyl (C=O) groups is 2. The first-order chi connectivity index (χ1) is 16.6. The first-order valence-corrected chi connectivity index (χ1v) is 11.7. The van der Waals surface area contributed by atoms with Crippen molar-refractivity contribution in [2.75, 3.05) is 0 Å². The highest BCUT2D eigenvalue weighted by atomic mass is 16.5. The number of nitrogens with zero attached hydrogens (tertiary/aromatic N) is 2. The van der Waals surface area contributed by atoms with Crippen molar-refractivity contribution in [3.63, 3.8) is 0 Å². The Morgan fingerprint density at radius 2 is 1.71 bits per heavy atom. The third kappa shape index (κ3) is 4.49. The maximum Gasteiger partial charge on any atom is 0.168 e. The molecule has 6 heteroatoms. The molecule has 1 heterocycles. The molecule has 6 nitrogen and oxygen atoms in total. The van der Waals surface area contributed by atoms with Crippen LogP contribution in [0.25, 0.3) is 0 Å². The van der Waals surface area contributed by atoms with E-state index in [0.29, 0.717) is 60.4 Å². The summed E-state index contributed by atoms with van der Waals surface area (Å²) >= 11 is 0. The number of aliphatic hydroxyl groups excluding tert-OH is 1. The Morgan fingerprint density at radius 3 is 2.47 bits per heavy atom. The van der Waals surface area contributed by atoms with Crippen molar-refractivity contribution in [2.24, 2.45) is 4.99 Å². The molecule has 1 fully saturated rings. The number of hydrogen-bond acceptors (Lipinski definition) is 6. The van der Waals surface area contributed by atoms with Crippen molar-refractivity contribution in [3.8, 4) is 0 Å². The summed E-state index contributed by atoms with van der Waals surface area (Å²) in [4.78, 5) is 30.4. The van der Waals surface area contributed by atoms with Crippen LogP contribution in [0.5, 0.6) is 0 Å². The van der Waals surface area contributed by atoms with E-state index in [1.54, 1.807) is 0 Å². The van der Waals surface area contributed by atoms with Crippen LogP contribution in [0.2, 0.25) is 0 Å². The number of Topliss-reactive ketones (excluding diaryl/α,β-unsaturated/α-hetero) is 2. The molecule has 0 spiro atoms. The molecule has 1 saturated carbocycles. The van der Waals surface area contributed by atoms with E-state index in [1.165, 1.54) is 0 Å². The van der Waals surface area contributed by atoms with Gasteiger partial charge in [-0.1, -0.05) is 53.7 Å². The van der Waals surface area contributed by atoms with Crippen LogP contribution in [0.3, 0.4) is 0 Å². The number of aliphatic hydroxyl groups is 1. The van der Waals surface area contributed by atoms with Crippen LogP contribution in [-0.4, -0.2) is 27.5 Å².